The molecule has 1 amide bonds. The summed E-state index contributed by atoms with van der Waals surface area (Å²) in [5, 5.41) is 12.1. The molecular weight excluding hydrogens is 385 g/mol. The van der Waals surface area contributed by atoms with Gasteiger partial charge in [-0.3, -0.25) is 4.79 Å². The average Bonchev–Trinajstić information content (AvgIpc) is 3.17. The van der Waals surface area contributed by atoms with Gasteiger partial charge < -0.3 is 9.88 Å². The zero-order chi connectivity index (χ0) is 19.6. The number of benzene rings is 1. The van der Waals surface area contributed by atoms with Crippen molar-refractivity contribution < 1.29 is 9.18 Å². The van der Waals surface area contributed by atoms with E-state index in [0.29, 0.717) is 28.2 Å². The highest BCUT2D eigenvalue weighted by Crippen LogP contribution is 2.28. The summed E-state index contributed by atoms with van der Waals surface area (Å²) in [5.74, 6) is 0.110. The van der Waals surface area contributed by atoms with Crippen molar-refractivity contribution in [2.75, 3.05) is 5.32 Å². The number of carbonyl (C=O) groups excluding carboxylic acids is 1. The van der Waals surface area contributed by atoms with Gasteiger partial charge in [-0.2, -0.15) is 0 Å². The first-order valence-corrected chi connectivity index (χ1v) is 10.2. The van der Waals surface area contributed by atoms with Crippen molar-refractivity contribution in [3.05, 3.63) is 40.7 Å². The minimum atomic E-state index is -0.385. The van der Waals surface area contributed by atoms with Crippen molar-refractivity contribution in [3.63, 3.8) is 0 Å². The van der Waals surface area contributed by atoms with Crippen molar-refractivity contribution in [3.8, 4) is 11.4 Å². The number of hydrogen-bond donors (Lipinski definition) is 1. The fourth-order valence-electron chi connectivity index (χ4n) is 2.45. The molecule has 27 heavy (non-hydrogen) atoms. The first kappa shape index (κ1) is 19.5. The number of amides is 1. The van der Waals surface area contributed by atoms with Gasteiger partial charge in [-0.05, 0) is 39.8 Å². The Balaban J connectivity index is 1.75. The lowest BCUT2D eigenvalue weighted by Crippen LogP contribution is -2.22. The standard InChI is InChI=1S/C18H20FN5OS2/c1-5-24-15(13-7-6-8-14(19)9-13)22-23-18(24)27-12(4)16(25)21-17-20-10(2)11(3)26-17/h6-9,12H,5H2,1-4H3,(H,20,21,25). The predicted molar refractivity (Wildman–Crippen MR) is 107 cm³/mol. The molecule has 1 N–H and O–H groups in total. The summed E-state index contributed by atoms with van der Waals surface area (Å²) in [6.45, 7) is 8.27. The monoisotopic (exact) mass is 405 g/mol. The van der Waals surface area contributed by atoms with Gasteiger partial charge in [0, 0.05) is 17.0 Å². The number of anilines is 1. The number of nitrogens with one attached hydrogen (secondary N) is 1. The van der Waals surface area contributed by atoms with Gasteiger partial charge in [0.2, 0.25) is 5.91 Å². The second-order valence-electron chi connectivity index (χ2n) is 5.97. The van der Waals surface area contributed by atoms with Crippen LogP contribution < -0.4 is 5.32 Å². The van der Waals surface area contributed by atoms with Crippen molar-refractivity contribution in [1.29, 1.82) is 0 Å². The van der Waals surface area contributed by atoms with Crippen LogP contribution in [0.5, 0.6) is 0 Å². The highest BCUT2D eigenvalue weighted by molar-refractivity contribution is 8.00. The van der Waals surface area contributed by atoms with Crippen LogP contribution >= 0.6 is 23.1 Å². The van der Waals surface area contributed by atoms with E-state index in [4.69, 9.17) is 0 Å². The van der Waals surface area contributed by atoms with Gasteiger partial charge in [-0.1, -0.05) is 23.9 Å². The van der Waals surface area contributed by atoms with Gasteiger partial charge in [0.1, 0.15) is 5.82 Å². The third-order valence-corrected chi connectivity index (χ3v) is 6.09. The Morgan fingerprint density at radius 3 is 2.78 bits per heavy atom. The molecule has 2 aromatic heterocycles. The third kappa shape index (κ3) is 4.36. The van der Waals surface area contributed by atoms with E-state index in [0.717, 1.165) is 10.6 Å². The van der Waals surface area contributed by atoms with Crippen LogP contribution in [0.4, 0.5) is 9.52 Å². The van der Waals surface area contributed by atoms with Gasteiger partial charge >= 0.3 is 0 Å². The van der Waals surface area contributed by atoms with Crippen LogP contribution in [0.15, 0.2) is 29.4 Å². The largest absolute Gasteiger partial charge is 0.302 e. The molecule has 0 spiro atoms. The van der Waals surface area contributed by atoms with Crippen LogP contribution in [-0.2, 0) is 11.3 Å². The number of aromatic nitrogens is 4. The summed E-state index contributed by atoms with van der Waals surface area (Å²) < 4.78 is 15.4. The first-order valence-electron chi connectivity index (χ1n) is 8.49. The van der Waals surface area contributed by atoms with E-state index in [1.807, 2.05) is 32.3 Å². The second-order valence-corrected chi connectivity index (χ2v) is 8.48. The van der Waals surface area contributed by atoms with Gasteiger partial charge in [0.05, 0.1) is 10.9 Å². The summed E-state index contributed by atoms with van der Waals surface area (Å²) >= 11 is 2.77. The van der Waals surface area contributed by atoms with E-state index in [2.05, 4.69) is 20.5 Å². The maximum Gasteiger partial charge on any atom is 0.239 e. The predicted octanol–water partition coefficient (Wildman–Crippen LogP) is 4.30. The third-order valence-electron chi connectivity index (χ3n) is 4.03. The van der Waals surface area contributed by atoms with E-state index < -0.39 is 0 Å². The molecule has 3 aromatic rings. The van der Waals surface area contributed by atoms with Crippen LogP contribution in [0, 0.1) is 19.7 Å². The van der Waals surface area contributed by atoms with Crippen LogP contribution in [0.3, 0.4) is 0 Å². The summed E-state index contributed by atoms with van der Waals surface area (Å²) in [5.41, 5.74) is 1.57. The molecule has 6 nitrogen and oxygen atoms in total. The molecule has 142 valence electrons. The number of nitrogens with zero attached hydrogens (tertiary/aromatic N) is 4. The Morgan fingerprint density at radius 1 is 1.37 bits per heavy atom. The highest BCUT2D eigenvalue weighted by Gasteiger charge is 2.21. The minimum absolute atomic E-state index is 0.147. The minimum Gasteiger partial charge on any atom is -0.302 e. The van der Waals surface area contributed by atoms with E-state index in [-0.39, 0.29) is 17.0 Å². The Morgan fingerprint density at radius 2 is 2.15 bits per heavy atom. The molecule has 1 atom stereocenters. The summed E-state index contributed by atoms with van der Waals surface area (Å²) in [7, 11) is 0. The van der Waals surface area contributed by atoms with E-state index in [9.17, 15) is 9.18 Å². The molecule has 0 saturated heterocycles. The quantitative estimate of drug-likeness (QED) is 0.619. The summed E-state index contributed by atoms with van der Waals surface area (Å²) in [6.07, 6.45) is 0. The number of aryl methyl sites for hydroxylation is 2. The maximum absolute atomic E-state index is 13.5. The smallest absolute Gasteiger partial charge is 0.239 e. The Kier molecular flexibility index (Phi) is 5.91. The molecule has 3 rings (SSSR count). The number of carbonyl (C=O) groups is 1. The molecule has 0 aliphatic carbocycles. The van der Waals surface area contributed by atoms with Crippen molar-refractivity contribution in [1.82, 2.24) is 19.7 Å². The molecule has 0 aliphatic heterocycles. The van der Waals surface area contributed by atoms with E-state index in [1.54, 1.807) is 12.1 Å². The van der Waals surface area contributed by atoms with Crippen LogP contribution in [0.1, 0.15) is 24.4 Å². The van der Waals surface area contributed by atoms with Crippen molar-refractivity contribution >= 4 is 34.1 Å². The molecule has 1 unspecified atom stereocenters. The SMILES string of the molecule is CCn1c(SC(C)C(=O)Nc2nc(C)c(C)s2)nnc1-c1cccc(F)c1. The molecule has 0 fully saturated rings. The number of rotatable bonds is 6. The lowest BCUT2D eigenvalue weighted by Gasteiger charge is -2.11. The molecule has 2 heterocycles. The fraction of sp³-hybridized carbons (Fsp3) is 0.333. The molecule has 0 radical (unpaired) electrons. The number of halogens is 1. The van der Waals surface area contributed by atoms with E-state index >= 15 is 0 Å². The highest BCUT2D eigenvalue weighted by atomic mass is 32.2. The Labute approximate surface area is 165 Å². The van der Waals surface area contributed by atoms with Gasteiger partial charge in [-0.25, -0.2) is 9.37 Å². The Bertz CT molecular complexity index is 949. The first-order chi connectivity index (χ1) is 12.9. The Hall–Kier alpha value is -2.26. The molecule has 9 heteroatoms. The van der Waals surface area contributed by atoms with Crippen LogP contribution in [-0.4, -0.2) is 30.9 Å². The lowest BCUT2D eigenvalue weighted by atomic mass is 10.2. The summed E-state index contributed by atoms with van der Waals surface area (Å²) in [6, 6.07) is 6.24. The fourth-order valence-corrected chi connectivity index (χ4v) is 4.18. The molecule has 0 saturated carbocycles. The van der Waals surface area contributed by atoms with Gasteiger partial charge in [0.25, 0.3) is 0 Å². The van der Waals surface area contributed by atoms with E-state index in [1.165, 1.54) is 35.2 Å². The number of hydrogen-bond acceptors (Lipinski definition) is 6. The van der Waals surface area contributed by atoms with Crippen LogP contribution in [0.2, 0.25) is 0 Å². The van der Waals surface area contributed by atoms with Crippen LogP contribution in [0.25, 0.3) is 11.4 Å². The average molecular weight is 406 g/mol. The topological polar surface area (TPSA) is 72.7 Å². The zero-order valence-corrected chi connectivity index (χ0v) is 17.1. The van der Waals surface area contributed by atoms with Gasteiger partial charge in [0.15, 0.2) is 16.1 Å². The molecule has 0 bridgehead atoms. The number of thiazole rings is 1. The number of thioether (sulfide) groups is 1. The van der Waals surface area contributed by atoms with Gasteiger partial charge in [-0.15, -0.1) is 21.5 Å². The molecular formula is C18H20FN5OS2. The second kappa shape index (κ2) is 8.18. The summed E-state index contributed by atoms with van der Waals surface area (Å²) in [4.78, 5) is 17.9. The normalized spacial score (nSPS) is 12.2. The maximum atomic E-state index is 13.5. The van der Waals surface area contributed by atoms with Crippen molar-refractivity contribution in [2.24, 2.45) is 0 Å². The lowest BCUT2D eigenvalue weighted by molar-refractivity contribution is -0.115. The van der Waals surface area contributed by atoms with Crippen molar-refractivity contribution in [2.45, 2.75) is 44.6 Å². The molecule has 1 aromatic carbocycles. The molecule has 0 aliphatic rings. The zero-order valence-electron chi connectivity index (χ0n) is 15.5.